The summed E-state index contributed by atoms with van der Waals surface area (Å²) in [4.78, 5) is 48.7. The number of benzene rings is 2. The lowest BCUT2D eigenvalue weighted by molar-refractivity contribution is -0.153. The number of fused-ring (bicyclic) bond motifs is 2. The second kappa shape index (κ2) is 12.8. The number of allylic oxidation sites excluding steroid dienone is 1. The molecule has 6 rings (SSSR count). The molecule has 1 N–H and O–H groups in total. The Hall–Kier alpha value is -3.56. The average molecular weight is 616 g/mol. The van der Waals surface area contributed by atoms with Gasteiger partial charge in [-0.1, -0.05) is 54.6 Å². The Kier molecular flexibility index (Phi) is 8.87. The van der Waals surface area contributed by atoms with E-state index in [0.29, 0.717) is 19.6 Å². The average Bonchev–Trinajstić information content (AvgIpc) is 3.46. The van der Waals surface area contributed by atoms with Crippen molar-refractivity contribution in [1.29, 1.82) is 0 Å². The number of hydrogen-bond donors (Lipinski definition) is 1. The molecular formula is C35H41N3O5S. The Morgan fingerprint density at radius 1 is 1.02 bits per heavy atom. The maximum atomic E-state index is 14.9. The number of carbonyl (C=O) groups excluding carboxylic acids is 3. The number of ether oxygens (including phenoxy) is 1. The van der Waals surface area contributed by atoms with Crippen molar-refractivity contribution in [3.05, 3.63) is 84.5 Å². The van der Waals surface area contributed by atoms with Gasteiger partial charge in [0.2, 0.25) is 5.91 Å². The van der Waals surface area contributed by atoms with Crippen LogP contribution in [0.1, 0.15) is 32.3 Å². The maximum absolute atomic E-state index is 14.9. The van der Waals surface area contributed by atoms with Crippen LogP contribution < -0.4 is 9.80 Å². The van der Waals surface area contributed by atoms with E-state index in [4.69, 9.17) is 4.74 Å². The van der Waals surface area contributed by atoms with Crippen molar-refractivity contribution < 1.29 is 24.2 Å². The van der Waals surface area contributed by atoms with Gasteiger partial charge in [-0.3, -0.25) is 14.4 Å². The van der Waals surface area contributed by atoms with Gasteiger partial charge in [0, 0.05) is 36.3 Å². The van der Waals surface area contributed by atoms with Crippen LogP contribution in [0.15, 0.2) is 78.9 Å². The Labute approximate surface area is 263 Å². The lowest BCUT2D eigenvalue weighted by Crippen LogP contribution is -2.57. The molecule has 0 saturated carbocycles. The van der Waals surface area contributed by atoms with Crippen molar-refractivity contribution in [1.82, 2.24) is 4.90 Å². The van der Waals surface area contributed by atoms with Crippen LogP contribution in [0.5, 0.6) is 0 Å². The van der Waals surface area contributed by atoms with Crippen LogP contribution >= 0.6 is 11.8 Å². The maximum Gasteiger partial charge on any atom is 0.311 e. The lowest BCUT2D eigenvalue weighted by Gasteiger charge is -2.38. The van der Waals surface area contributed by atoms with Crippen molar-refractivity contribution in [2.45, 2.75) is 55.2 Å². The van der Waals surface area contributed by atoms with Crippen molar-refractivity contribution in [2.24, 2.45) is 11.8 Å². The van der Waals surface area contributed by atoms with Gasteiger partial charge in [0.15, 0.2) is 0 Å². The number of anilines is 2. The van der Waals surface area contributed by atoms with Crippen molar-refractivity contribution in [3.63, 3.8) is 0 Å². The summed E-state index contributed by atoms with van der Waals surface area (Å²) in [6.45, 7) is 6.33. The summed E-state index contributed by atoms with van der Waals surface area (Å²) in [5.41, 5.74) is 2.79. The van der Waals surface area contributed by atoms with Crippen LogP contribution in [0.4, 0.5) is 11.4 Å². The second-order valence-corrected chi connectivity index (χ2v) is 13.4. The topological polar surface area (TPSA) is 90.4 Å². The van der Waals surface area contributed by atoms with Gasteiger partial charge in [-0.15, -0.1) is 11.8 Å². The van der Waals surface area contributed by atoms with E-state index in [0.717, 1.165) is 42.9 Å². The number of esters is 1. The fourth-order valence-electron chi connectivity index (χ4n) is 7.39. The minimum absolute atomic E-state index is 0.204. The molecule has 0 aliphatic carbocycles. The molecular weight excluding hydrogens is 574 g/mol. The van der Waals surface area contributed by atoms with E-state index in [2.05, 4.69) is 24.8 Å². The van der Waals surface area contributed by atoms with Gasteiger partial charge in [-0.25, -0.2) is 0 Å². The number of rotatable bonds is 8. The van der Waals surface area contributed by atoms with Crippen LogP contribution in [-0.4, -0.2) is 82.7 Å². The monoisotopic (exact) mass is 615 g/mol. The van der Waals surface area contributed by atoms with Crippen LogP contribution in [0.25, 0.3) is 0 Å². The predicted octanol–water partition coefficient (Wildman–Crippen LogP) is 4.23. The highest BCUT2D eigenvalue weighted by Gasteiger charge is 2.71. The van der Waals surface area contributed by atoms with E-state index in [1.807, 2.05) is 72.8 Å². The molecule has 44 heavy (non-hydrogen) atoms. The van der Waals surface area contributed by atoms with Crippen LogP contribution in [0, 0.1) is 11.8 Å². The second-order valence-electron chi connectivity index (χ2n) is 11.9. The van der Waals surface area contributed by atoms with Gasteiger partial charge < -0.3 is 24.5 Å². The number of nitrogens with zero attached hydrogens (tertiary/aromatic N) is 3. The normalized spacial score (nSPS) is 29.5. The van der Waals surface area contributed by atoms with Gasteiger partial charge in [-0.05, 0) is 62.9 Å². The summed E-state index contributed by atoms with van der Waals surface area (Å²) in [5.74, 6) is -2.37. The molecule has 2 fully saturated rings. The molecule has 232 valence electrons. The summed E-state index contributed by atoms with van der Waals surface area (Å²) >= 11 is 1.53. The van der Waals surface area contributed by atoms with Crippen LogP contribution in [0.2, 0.25) is 0 Å². The van der Waals surface area contributed by atoms with Crippen molar-refractivity contribution in [2.75, 3.05) is 42.6 Å². The number of hydrogen-bond acceptors (Lipinski definition) is 7. The van der Waals surface area contributed by atoms with Crippen LogP contribution in [0.3, 0.4) is 0 Å². The Morgan fingerprint density at radius 3 is 2.48 bits per heavy atom. The summed E-state index contributed by atoms with van der Waals surface area (Å²) in [5, 5.41) is 10.4. The minimum Gasteiger partial charge on any atom is -0.465 e. The zero-order chi connectivity index (χ0) is 30.8. The molecule has 9 heteroatoms. The third kappa shape index (κ3) is 5.24. The molecule has 1 spiro atoms. The smallest absolute Gasteiger partial charge is 0.311 e. The summed E-state index contributed by atoms with van der Waals surface area (Å²) in [6, 6.07) is 16.1. The molecule has 4 aliphatic rings. The predicted molar refractivity (Wildman–Crippen MR) is 174 cm³/mol. The highest BCUT2D eigenvalue weighted by atomic mass is 32.2. The fourth-order valence-corrected chi connectivity index (χ4v) is 9.38. The zero-order valence-corrected chi connectivity index (χ0v) is 26.2. The number of amides is 2. The molecule has 2 amide bonds. The Bertz CT molecular complexity index is 1430. The van der Waals surface area contributed by atoms with Gasteiger partial charge in [0.05, 0.1) is 35.8 Å². The van der Waals surface area contributed by atoms with E-state index >= 15 is 0 Å². The lowest BCUT2D eigenvalue weighted by atomic mass is 9.78. The molecule has 6 atom stereocenters. The van der Waals surface area contributed by atoms with E-state index in [9.17, 15) is 19.5 Å². The first kappa shape index (κ1) is 30.5. The number of likely N-dealkylation sites (tertiary alicyclic amines) is 1. The SMILES string of the molecule is CCN(CC)c1ccc(N2CC=C[C@]34S[C@@H]5/C=C\CCCOC(=O)[C@@H]5[C@H]3C(=O)N([C@@H](CO)Cc3ccccc3)C4C2=O)cc1. The molecule has 2 aromatic rings. The Morgan fingerprint density at radius 2 is 1.77 bits per heavy atom. The molecule has 0 aromatic heterocycles. The highest BCUT2D eigenvalue weighted by molar-refractivity contribution is 8.02. The molecule has 0 bridgehead atoms. The third-order valence-corrected chi connectivity index (χ3v) is 11.2. The Balaban J connectivity index is 1.43. The molecule has 8 nitrogen and oxygen atoms in total. The largest absolute Gasteiger partial charge is 0.465 e. The molecule has 4 aliphatic heterocycles. The number of aliphatic hydroxyl groups is 1. The summed E-state index contributed by atoms with van der Waals surface area (Å²) in [7, 11) is 0. The standard InChI is InChI=1S/C35H41N3O5S/c1-3-36(4-2)25-15-17-26(18-16-25)37-20-11-19-35-30(29-28(44-35)14-9-6-10-21-43-34(29)42)32(40)38(31(35)33(37)41)27(23-39)22-24-12-7-5-8-13-24/h5,7-9,11-19,27-31,39H,3-4,6,10,20-23H2,1-2H3/b14-9-/t27-,28-,29+,30+,31?,35+/m1/s1. The van der Waals surface area contributed by atoms with Gasteiger partial charge >= 0.3 is 5.97 Å². The number of thioether (sulfide) groups is 1. The van der Waals surface area contributed by atoms with Crippen LogP contribution in [-0.2, 0) is 25.5 Å². The first-order chi connectivity index (χ1) is 21.4. The van der Waals surface area contributed by atoms with E-state index < -0.39 is 28.7 Å². The fraction of sp³-hybridized carbons (Fsp3) is 0.457. The minimum atomic E-state index is -0.980. The molecule has 4 heterocycles. The first-order valence-electron chi connectivity index (χ1n) is 15.8. The number of cyclic esters (lactones) is 1. The molecule has 2 aromatic carbocycles. The number of aliphatic hydroxyl groups excluding tert-OH is 1. The van der Waals surface area contributed by atoms with E-state index in [1.165, 1.54) is 11.8 Å². The molecule has 0 radical (unpaired) electrons. The summed E-state index contributed by atoms with van der Waals surface area (Å²) < 4.78 is 4.71. The number of carbonyl (C=O) groups is 3. The third-order valence-electron chi connectivity index (χ3n) is 9.50. The van der Waals surface area contributed by atoms with Gasteiger partial charge in [-0.2, -0.15) is 0 Å². The zero-order valence-electron chi connectivity index (χ0n) is 25.4. The van der Waals surface area contributed by atoms with Gasteiger partial charge in [0.1, 0.15) is 6.04 Å². The molecule has 1 unspecified atom stereocenters. The summed E-state index contributed by atoms with van der Waals surface area (Å²) in [6.07, 6.45) is 9.98. The van der Waals surface area contributed by atoms with E-state index in [1.54, 1.807) is 9.80 Å². The van der Waals surface area contributed by atoms with Crippen molar-refractivity contribution in [3.8, 4) is 0 Å². The quantitative estimate of drug-likeness (QED) is 0.351. The first-order valence-corrected chi connectivity index (χ1v) is 16.6. The van der Waals surface area contributed by atoms with E-state index in [-0.39, 0.29) is 29.6 Å². The van der Waals surface area contributed by atoms with Crippen molar-refractivity contribution >= 4 is 40.9 Å². The highest BCUT2D eigenvalue weighted by Crippen LogP contribution is 2.61. The molecule has 2 saturated heterocycles. The van der Waals surface area contributed by atoms with Gasteiger partial charge in [0.25, 0.3) is 5.91 Å².